The minimum Gasteiger partial charge on any atom is -0.483 e. The largest absolute Gasteiger partial charge is 0.483 e. The van der Waals surface area contributed by atoms with Crippen molar-refractivity contribution < 1.29 is 23.9 Å². The molecule has 0 saturated carbocycles. The topological polar surface area (TPSA) is 93.7 Å². The SMILES string of the molecule is COC(=O)CC(=O)NNC(=O)COc1ccc(C(C)C)cc1Br. The minimum absolute atomic E-state index is 0.280. The maximum atomic E-state index is 11.6. The third-order valence-electron chi connectivity index (χ3n) is 2.86. The Balaban J connectivity index is 2.42. The first-order valence-corrected chi connectivity index (χ1v) is 7.69. The van der Waals surface area contributed by atoms with Crippen LogP contribution in [0.4, 0.5) is 0 Å². The number of amides is 2. The molecule has 1 rings (SSSR count). The van der Waals surface area contributed by atoms with E-state index in [0.717, 1.165) is 10.0 Å². The maximum Gasteiger partial charge on any atom is 0.315 e. The Morgan fingerprint density at radius 2 is 1.83 bits per heavy atom. The van der Waals surface area contributed by atoms with Crippen molar-refractivity contribution in [3.05, 3.63) is 28.2 Å². The van der Waals surface area contributed by atoms with Gasteiger partial charge in [0.15, 0.2) is 6.61 Å². The van der Waals surface area contributed by atoms with Crippen LogP contribution in [0.2, 0.25) is 0 Å². The summed E-state index contributed by atoms with van der Waals surface area (Å²) in [6.07, 6.45) is -0.472. The highest BCUT2D eigenvalue weighted by molar-refractivity contribution is 9.10. The Kier molecular flexibility index (Phi) is 7.53. The van der Waals surface area contributed by atoms with Gasteiger partial charge >= 0.3 is 5.97 Å². The predicted octanol–water partition coefficient (Wildman–Crippen LogP) is 1.66. The summed E-state index contributed by atoms with van der Waals surface area (Å²) in [6.45, 7) is 3.87. The fraction of sp³-hybridized carbons (Fsp3) is 0.400. The van der Waals surface area contributed by atoms with E-state index in [1.165, 1.54) is 7.11 Å². The van der Waals surface area contributed by atoms with Crippen LogP contribution >= 0.6 is 15.9 Å². The monoisotopic (exact) mass is 386 g/mol. The normalized spacial score (nSPS) is 10.1. The Bertz CT molecular complexity index is 589. The van der Waals surface area contributed by atoms with Gasteiger partial charge in [0, 0.05) is 0 Å². The lowest BCUT2D eigenvalue weighted by atomic mass is 10.0. The lowest BCUT2D eigenvalue weighted by molar-refractivity contribution is -0.144. The molecule has 0 spiro atoms. The highest BCUT2D eigenvalue weighted by atomic mass is 79.9. The van der Waals surface area contributed by atoms with Crippen molar-refractivity contribution in [3.63, 3.8) is 0 Å². The second-order valence-corrected chi connectivity index (χ2v) is 5.84. The zero-order valence-electron chi connectivity index (χ0n) is 13.1. The van der Waals surface area contributed by atoms with Crippen LogP contribution in [0.3, 0.4) is 0 Å². The van der Waals surface area contributed by atoms with E-state index < -0.39 is 24.2 Å². The van der Waals surface area contributed by atoms with Crippen LogP contribution in [-0.4, -0.2) is 31.5 Å². The van der Waals surface area contributed by atoms with Gasteiger partial charge < -0.3 is 9.47 Å². The van der Waals surface area contributed by atoms with Gasteiger partial charge in [-0.15, -0.1) is 0 Å². The highest BCUT2D eigenvalue weighted by Crippen LogP contribution is 2.28. The van der Waals surface area contributed by atoms with Crippen LogP contribution in [0.25, 0.3) is 0 Å². The number of rotatable bonds is 6. The molecule has 0 aliphatic heterocycles. The van der Waals surface area contributed by atoms with Gasteiger partial charge in [0.2, 0.25) is 5.91 Å². The second kappa shape index (κ2) is 9.14. The van der Waals surface area contributed by atoms with E-state index in [1.807, 2.05) is 12.1 Å². The molecule has 2 N–H and O–H groups in total. The number of nitrogens with one attached hydrogen (secondary N) is 2. The molecule has 2 amide bonds. The molecule has 126 valence electrons. The summed E-state index contributed by atoms with van der Waals surface area (Å²) in [7, 11) is 1.17. The average molecular weight is 387 g/mol. The molecule has 0 aliphatic carbocycles. The van der Waals surface area contributed by atoms with E-state index in [-0.39, 0.29) is 6.61 Å². The number of benzene rings is 1. The first kappa shape index (κ1) is 19.0. The standard InChI is InChI=1S/C15H19BrN2O5/c1-9(2)10-4-5-12(11(16)6-10)23-8-14(20)18-17-13(19)7-15(21)22-3/h4-6,9H,7-8H2,1-3H3,(H,17,19)(H,18,20). The number of ether oxygens (including phenoxy) is 2. The highest BCUT2D eigenvalue weighted by Gasteiger charge is 2.11. The van der Waals surface area contributed by atoms with Gasteiger partial charge in [-0.1, -0.05) is 19.9 Å². The van der Waals surface area contributed by atoms with Gasteiger partial charge in [-0.3, -0.25) is 25.2 Å². The number of hydrogen-bond donors (Lipinski definition) is 2. The summed E-state index contributed by atoms with van der Waals surface area (Å²) < 4.78 is 10.4. The van der Waals surface area contributed by atoms with Crippen LogP contribution in [0.5, 0.6) is 5.75 Å². The molecule has 0 aromatic heterocycles. The number of esters is 1. The maximum absolute atomic E-state index is 11.6. The van der Waals surface area contributed by atoms with Gasteiger partial charge in [0.05, 0.1) is 11.6 Å². The van der Waals surface area contributed by atoms with E-state index in [2.05, 4.69) is 45.4 Å². The van der Waals surface area contributed by atoms with Crippen LogP contribution in [0, 0.1) is 0 Å². The van der Waals surface area contributed by atoms with Gasteiger partial charge in [0.1, 0.15) is 12.2 Å². The fourth-order valence-corrected chi connectivity index (χ4v) is 2.07. The third kappa shape index (κ3) is 6.68. The number of carbonyl (C=O) groups excluding carboxylic acids is 3. The predicted molar refractivity (Wildman–Crippen MR) is 86.6 cm³/mol. The number of methoxy groups -OCH3 is 1. The summed E-state index contributed by atoms with van der Waals surface area (Å²) >= 11 is 3.38. The number of carbonyl (C=O) groups is 3. The molecule has 8 heteroatoms. The molecular formula is C15H19BrN2O5. The summed E-state index contributed by atoms with van der Waals surface area (Å²) in [5.41, 5.74) is 5.38. The number of hydrazine groups is 1. The molecule has 1 aromatic carbocycles. The number of halogens is 1. The van der Waals surface area contributed by atoms with E-state index >= 15 is 0 Å². The zero-order valence-corrected chi connectivity index (χ0v) is 14.7. The minimum atomic E-state index is -0.692. The first-order valence-electron chi connectivity index (χ1n) is 6.90. The van der Waals surface area contributed by atoms with Crippen molar-refractivity contribution in [3.8, 4) is 5.75 Å². The Morgan fingerprint density at radius 3 is 2.39 bits per heavy atom. The van der Waals surface area contributed by atoms with Crippen LogP contribution < -0.4 is 15.6 Å². The number of hydrogen-bond acceptors (Lipinski definition) is 5. The molecule has 0 bridgehead atoms. The lowest BCUT2D eigenvalue weighted by Crippen LogP contribution is -2.44. The summed E-state index contributed by atoms with van der Waals surface area (Å²) in [5.74, 6) is -1.02. The van der Waals surface area contributed by atoms with Crippen LogP contribution in [0.15, 0.2) is 22.7 Å². The molecule has 0 heterocycles. The third-order valence-corrected chi connectivity index (χ3v) is 3.47. The van der Waals surface area contributed by atoms with Crippen LogP contribution in [0.1, 0.15) is 31.7 Å². The molecular weight excluding hydrogens is 368 g/mol. The Morgan fingerprint density at radius 1 is 1.17 bits per heavy atom. The van der Waals surface area contributed by atoms with Crippen molar-refractivity contribution in [1.82, 2.24) is 10.9 Å². The van der Waals surface area contributed by atoms with Crippen LogP contribution in [-0.2, 0) is 19.1 Å². The fourth-order valence-electron chi connectivity index (χ4n) is 1.56. The molecule has 7 nitrogen and oxygen atoms in total. The van der Waals surface area contributed by atoms with Gasteiger partial charge in [0.25, 0.3) is 5.91 Å². The summed E-state index contributed by atoms with van der Waals surface area (Å²) in [6, 6.07) is 5.61. The van der Waals surface area contributed by atoms with Crippen molar-refractivity contribution in [2.45, 2.75) is 26.2 Å². The smallest absolute Gasteiger partial charge is 0.315 e. The summed E-state index contributed by atoms with van der Waals surface area (Å²) in [4.78, 5) is 33.7. The van der Waals surface area contributed by atoms with Gasteiger partial charge in [-0.2, -0.15) is 0 Å². The molecule has 1 aromatic rings. The second-order valence-electron chi connectivity index (χ2n) is 4.98. The quantitative estimate of drug-likeness (QED) is 0.440. The van der Waals surface area contributed by atoms with Crippen molar-refractivity contribution >= 4 is 33.7 Å². The van der Waals surface area contributed by atoms with E-state index in [9.17, 15) is 14.4 Å². The van der Waals surface area contributed by atoms with E-state index in [0.29, 0.717) is 11.7 Å². The molecule has 0 fully saturated rings. The first-order chi connectivity index (χ1) is 10.8. The molecule has 0 atom stereocenters. The van der Waals surface area contributed by atoms with Gasteiger partial charge in [-0.25, -0.2) is 0 Å². The van der Waals surface area contributed by atoms with Crippen molar-refractivity contribution in [1.29, 1.82) is 0 Å². The van der Waals surface area contributed by atoms with Crippen molar-refractivity contribution in [2.24, 2.45) is 0 Å². The summed E-state index contributed by atoms with van der Waals surface area (Å²) in [5, 5.41) is 0. The van der Waals surface area contributed by atoms with Crippen molar-refractivity contribution in [2.75, 3.05) is 13.7 Å². The molecule has 23 heavy (non-hydrogen) atoms. The Labute approximate surface area is 142 Å². The molecule has 0 radical (unpaired) electrons. The van der Waals surface area contributed by atoms with E-state index in [1.54, 1.807) is 6.07 Å². The molecule has 0 saturated heterocycles. The lowest BCUT2D eigenvalue weighted by Gasteiger charge is -2.12. The molecule has 0 aliphatic rings. The zero-order chi connectivity index (χ0) is 17.4. The Hall–Kier alpha value is -2.09. The average Bonchev–Trinajstić information content (AvgIpc) is 2.51. The van der Waals surface area contributed by atoms with Gasteiger partial charge in [-0.05, 0) is 39.5 Å². The van der Waals surface area contributed by atoms with E-state index in [4.69, 9.17) is 4.74 Å². The molecule has 0 unspecified atom stereocenters.